The molecule has 0 aliphatic carbocycles. The molecule has 1 aliphatic rings. The van der Waals surface area contributed by atoms with Crippen LogP contribution in [0.5, 0.6) is 5.75 Å². The molecule has 1 aliphatic heterocycles. The van der Waals surface area contributed by atoms with E-state index in [9.17, 15) is 40.8 Å². The van der Waals surface area contributed by atoms with E-state index in [0.717, 1.165) is 0 Å². The summed E-state index contributed by atoms with van der Waals surface area (Å²) in [5, 5.41) is 9.47. The summed E-state index contributed by atoms with van der Waals surface area (Å²) in [6.45, 7) is 13.1. The van der Waals surface area contributed by atoms with Crippen molar-refractivity contribution in [1.82, 2.24) is 9.88 Å². The molecule has 0 spiro atoms. The quantitative estimate of drug-likeness (QED) is 0.161. The summed E-state index contributed by atoms with van der Waals surface area (Å²) in [5.74, 6) is -1.52. The van der Waals surface area contributed by atoms with Crippen LogP contribution in [0.2, 0.25) is 0 Å². The van der Waals surface area contributed by atoms with Gasteiger partial charge < -0.3 is 14.4 Å². The molecule has 1 amide bonds. The van der Waals surface area contributed by atoms with E-state index < -0.39 is 53.5 Å². The average Bonchev–Trinajstić information content (AvgIpc) is 2.98. The summed E-state index contributed by atoms with van der Waals surface area (Å²) in [4.78, 5) is 18.6. The van der Waals surface area contributed by atoms with Gasteiger partial charge in [-0.15, -0.1) is 13.2 Å². The van der Waals surface area contributed by atoms with Crippen LogP contribution >= 0.6 is 0 Å². The van der Waals surface area contributed by atoms with Crippen LogP contribution < -0.4 is 4.74 Å². The number of hydrogen-bond donors (Lipinski definition) is 0. The summed E-state index contributed by atoms with van der Waals surface area (Å²) >= 11 is 0. The highest BCUT2D eigenvalue weighted by molar-refractivity contribution is 5.75. The van der Waals surface area contributed by atoms with Gasteiger partial charge in [0, 0.05) is 47.3 Å². The number of methoxy groups -OCH3 is 1. The van der Waals surface area contributed by atoms with Crippen molar-refractivity contribution in [2.24, 2.45) is 5.92 Å². The molecule has 0 bridgehead atoms. The summed E-state index contributed by atoms with van der Waals surface area (Å²) in [5.41, 5.74) is -1.07. The largest absolute Gasteiger partial charge is 0.496 e. The summed E-state index contributed by atoms with van der Waals surface area (Å²) in [6.07, 6.45) is -9.78. The molecule has 2 aromatic rings. The zero-order chi connectivity index (χ0) is 35.1. The van der Waals surface area contributed by atoms with Crippen LogP contribution in [0.1, 0.15) is 63.8 Å². The van der Waals surface area contributed by atoms with Crippen LogP contribution in [0.4, 0.5) is 35.5 Å². The van der Waals surface area contributed by atoms with E-state index in [2.05, 4.69) is 18.1 Å². The minimum absolute atomic E-state index is 0.0308. The summed E-state index contributed by atoms with van der Waals surface area (Å²) in [7, 11) is 1.37. The summed E-state index contributed by atoms with van der Waals surface area (Å²) in [6, 6.07) is 5.68. The lowest BCUT2D eigenvalue weighted by atomic mass is 9.92. The van der Waals surface area contributed by atoms with Gasteiger partial charge in [0.25, 0.3) is 0 Å². The fourth-order valence-electron chi connectivity index (χ4n) is 4.87. The number of rotatable bonds is 8. The van der Waals surface area contributed by atoms with Gasteiger partial charge >= 0.3 is 18.4 Å². The molecule has 1 saturated heterocycles. The van der Waals surface area contributed by atoms with Crippen LogP contribution in [-0.2, 0) is 11.3 Å². The number of allylic oxidation sites excluding steroid dienone is 3. The smallest absolute Gasteiger partial charge is 0.416 e. The number of alkyl halides is 6. The Labute approximate surface area is 263 Å². The molecular weight excluding hydrogens is 619 g/mol. The van der Waals surface area contributed by atoms with E-state index in [1.807, 2.05) is 19.9 Å². The standard InChI is InChI=1S/C31H32F7N3O3.C2H4/c1-16(2)23-11-24(28(43-6)12-26(23)32)25-14-40-22(13-39)10-20(25)15-41-19(5)9-27(44-29(41)42)17(3)7-21(31(36,37)38)8-18(4)30(33,34)35;1-2/h7-8,10-12,14,16-17,19,27H,9,15H2,1-6H3;1-2H2/b18-8+,21-7+;. The van der Waals surface area contributed by atoms with Gasteiger partial charge in [-0.1, -0.05) is 26.8 Å². The second kappa shape index (κ2) is 15.3. The minimum Gasteiger partial charge on any atom is -0.496 e. The molecule has 3 unspecified atom stereocenters. The van der Waals surface area contributed by atoms with E-state index in [1.54, 1.807) is 13.0 Å². The van der Waals surface area contributed by atoms with Crippen molar-refractivity contribution in [3.63, 3.8) is 0 Å². The topological polar surface area (TPSA) is 75.5 Å². The molecule has 3 rings (SSSR count). The van der Waals surface area contributed by atoms with Crippen LogP contribution in [0.15, 0.2) is 60.9 Å². The Morgan fingerprint density at radius 2 is 1.78 bits per heavy atom. The lowest BCUT2D eigenvalue weighted by Gasteiger charge is -2.39. The predicted octanol–water partition coefficient (Wildman–Crippen LogP) is 9.43. The predicted molar refractivity (Wildman–Crippen MR) is 159 cm³/mol. The number of halogens is 7. The van der Waals surface area contributed by atoms with E-state index in [4.69, 9.17) is 9.47 Å². The van der Waals surface area contributed by atoms with Crippen molar-refractivity contribution in [3.05, 3.63) is 83.5 Å². The molecule has 46 heavy (non-hydrogen) atoms. The molecule has 3 atom stereocenters. The maximum atomic E-state index is 14.7. The second-order valence-corrected chi connectivity index (χ2v) is 11.0. The molecule has 13 heteroatoms. The van der Waals surface area contributed by atoms with Crippen LogP contribution in [-0.4, -0.2) is 47.6 Å². The Kier molecular flexibility index (Phi) is 12.6. The maximum absolute atomic E-state index is 14.7. The lowest BCUT2D eigenvalue weighted by molar-refractivity contribution is -0.0957. The Morgan fingerprint density at radius 3 is 2.28 bits per heavy atom. The third-order valence-corrected chi connectivity index (χ3v) is 7.44. The first-order valence-electron chi connectivity index (χ1n) is 14.2. The summed E-state index contributed by atoms with van der Waals surface area (Å²) < 4.78 is 105. The molecular formula is C33H36F7N3O3. The number of carbonyl (C=O) groups is 1. The third-order valence-electron chi connectivity index (χ3n) is 7.44. The Balaban J connectivity index is 0.00000361. The highest BCUT2D eigenvalue weighted by Gasteiger charge is 2.39. The van der Waals surface area contributed by atoms with Crippen LogP contribution in [0.25, 0.3) is 11.1 Å². The number of carbonyl (C=O) groups excluding carboxylic acids is 1. The number of nitriles is 1. The van der Waals surface area contributed by atoms with Crippen LogP contribution in [0, 0.1) is 23.1 Å². The molecule has 0 saturated carbocycles. The molecule has 250 valence electrons. The maximum Gasteiger partial charge on any atom is 0.416 e. The first-order chi connectivity index (χ1) is 21.4. The van der Waals surface area contributed by atoms with Gasteiger partial charge in [-0.2, -0.15) is 31.6 Å². The molecule has 1 aromatic carbocycles. The number of ether oxygens (including phenoxy) is 2. The van der Waals surface area contributed by atoms with E-state index in [1.165, 1.54) is 37.3 Å². The molecule has 2 heterocycles. The molecule has 1 aromatic heterocycles. The second-order valence-electron chi connectivity index (χ2n) is 11.0. The molecule has 0 N–H and O–H groups in total. The zero-order valence-corrected chi connectivity index (χ0v) is 26.3. The van der Waals surface area contributed by atoms with E-state index in [-0.39, 0.29) is 36.4 Å². The van der Waals surface area contributed by atoms with Gasteiger partial charge in [-0.05, 0) is 49.1 Å². The Bertz CT molecular complexity index is 1510. The number of aromatic nitrogens is 1. The van der Waals surface area contributed by atoms with E-state index >= 15 is 0 Å². The van der Waals surface area contributed by atoms with Gasteiger partial charge in [-0.3, -0.25) is 0 Å². The SMILES string of the molecule is C=C.COc1cc(F)c(C(C)C)cc1-c1cnc(C#N)cc1CN1C(=O)OC(C(C)/C=C(\C=C(/C)C(F)(F)F)C(F)(F)F)CC1C. The minimum atomic E-state index is -5.07. The number of nitrogens with zero attached hydrogens (tertiary/aromatic N) is 3. The average molecular weight is 656 g/mol. The van der Waals surface area contributed by atoms with Gasteiger partial charge in [0.05, 0.1) is 19.2 Å². The van der Waals surface area contributed by atoms with Crippen molar-refractivity contribution < 1.29 is 45.0 Å². The highest BCUT2D eigenvalue weighted by atomic mass is 19.4. The van der Waals surface area contributed by atoms with Crippen molar-refractivity contribution in [3.8, 4) is 22.9 Å². The first kappa shape index (κ1) is 37.8. The lowest BCUT2D eigenvalue weighted by Crippen LogP contribution is -2.48. The number of amides is 1. The van der Waals surface area contributed by atoms with Crippen molar-refractivity contribution in [2.75, 3.05) is 7.11 Å². The van der Waals surface area contributed by atoms with Crippen molar-refractivity contribution in [2.45, 2.75) is 78.0 Å². The number of cyclic esters (lactones) is 1. The Morgan fingerprint density at radius 1 is 1.15 bits per heavy atom. The zero-order valence-electron chi connectivity index (χ0n) is 26.3. The van der Waals surface area contributed by atoms with Gasteiger partial charge in [0.2, 0.25) is 0 Å². The van der Waals surface area contributed by atoms with E-state index in [0.29, 0.717) is 35.3 Å². The fraction of sp³-hybridized carbons (Fsp3) is 0.424. The van der Waals surface area contributed by atoms with Crippen molar-refractivity contribution >= 4 is 6.09 Å². The first-order valence-corrected chi connectivity index (χ1v) is 14.2. The molecule has 1 fully saturated rings. The number of pyridine rings is 1. The fourth-order valence-corrected chi connectivity index (χ4v) is 4.87. The van der Waals surface area contributed by atoms with Gasteiger partial charge in [0.1, 0.15) is 29.4 Å². The molecule has 0 radical (unpaired) electrons. The van der Waals surface area contributed by atoms with Crippen LogP contribution in [0.3, 0.4) is 0 Å². The highest BCUT2D eigenvalue weighted by Crippen LogP contribution is 2.38. The third kappa shape index (κ3) is 9.11. The molecule has 6 nitrogen and oxygen atoms in total. The van der Waals surface area contributed by atoms with Crippen molar-refractivity contribution in [1.29, 1.82) is 5.26 Å². The van der Waals surface area contributed by atoms with Gasteiger partial charge in [-0.25, -0.2) is 14.2 Å². The normalized spacial score (nSPS) is 18.4. The Hall–Kier alpha value is -4.34. The number of hydrogen-bond acceptors (Lipinski definition) is 5. The number of benzene rings is 1. The van der Waals surface area contributed by atoms with Gasteiger partial charge in [0.15, 0.2) is 0 Å². The monoisotopic (exact) mass is 655 g/mol.